The summed E-state index contributed by atoms with van der Waals surface area (Å²) in [6.45, 7) is 0.579. The van der Waals surface area contributed by atoms with Crippen molar-refractivity contribution in [1.82, 2.24) is 9.55 Å². The first kappa shape index (κ1) is 9.79. The summed E-state index contributed by atoms with van der Waals surface area (Å²) in [6, 6.07) is 1.89. The predicted molar refractivity (Wildman–Crippen MR) is 59.8 cm³/mol. The Morgan fingerprint density at radius 1 is 1.50 bits per heavy atom. The number of anilines is 1. The van der Waals surface area contributed by atoms with Gasteiger partial charge in [0.15, 0.2) is 4.67 Å². The van der Waals surface area contributed by atoms with Crippen LogP contribution < -0.4 is 5.73 Å². The molecule has 0 aliphatic rings. The van der Waals surface area contributed by atoms with Crippen LogP contribution in [-0.4, -0.2) is 9.55 Å². The number of hydrogen-bond acceptors (Lipinski definition) is 3. The molecule has 0 fully saturated rings. The van der Waals surface area contributed by atoms with E-state index >= 15 is 0 Å². The van der Waals surface area contributed by atoms with Crippen molar-refractivity contribution in [2.24, 2.45) is 0 Å². The van der Waals surface area contributed by atoms with Crippen molar-refractivity contribution < 1.29 is 4.42 Å². The molecule has 0 aliphatic carbocycles. The van der Waals surface area contributed by atoms with Gasteiger partial charge in [0.1, 0.15) is 5.76 Å². The maximum absolute atomic E-state index is 5.62. The zero-order valence-electron chi connectivity index (χ0n) is 7.08. The molecule has 2 heterocycles. The summed E-state index contributed by atoms with van der Waals surface area (Å²) < 4.78 is 8.79. The highest BCUT2D eigenvalue weighted by Gasteiger charge is 2.07. The molecule has 0 aromatic carbocycles. The number of imidazole rings is 1. The van der Waals surface area contributed by atoms with Crippen LogP contribution in [0.3, 0.4) is 0 Å². The molecule has 0 saturated heterocycles. The topological polar surface area (TPSA) is 57.0 Å². The number of nitrogen functional groups attached to an aromatic ring is 1. The maximum atomic E-state index is 5.62. The van der Waals surface area contributed by atoms with E-state index in [0.717, 1.165) is 10.2 Å². The van der Waals surface area contributed by atoms with E-state index in [1.807, 2.05) is 6.07 Å². The maximum Gasteiger partial charge on any atom is 0.200 e. The van der Waals surface area contributed by atoms with Gasteiger partial charge in [-0.15, -0.1) is 0 Å². The Labute approximate surface area is 97.4 Å². The van der Waals surface area contributed by atoms with Crippen LogP contribution in [0, 0.1) is 0 Å². The van der Waals surface area contributed by atoms with E-state index in [2.05, 4.69) is 36.8 Å². The van der Waals surface area contributed by atoms with Crippen molar-refractivity contribution in [1.29, 1.82) is 0 Å². The first-order chi connectivity index (χ1) is 6.66. The first-order valence-electron chi connectivity index (χ1n) is 3.87. The smallest absolute Gasteiger partial charge is 0.200 e. The number of aromatic nitrogens is 2. The van der Waals surface area contributed by atoms with Crippen molar-refractivity contribution >= 4 is 37.8 Å². The number of rotatable bonds is 2. The molecule has 0 atom stereocenters. The fourth-order valence-electron chi connectivity index (χ4n) is 1.11. The van der Waals surface area contributed by atoms with Gasteiger partial charge in [-0.2, -0.15) is 0 Å². The minimum atomic E-state index is 0.480. The molecular weight excluding hydrogens is 314 g/mol. The average molecular weight is 321 g/mol. The van der Waals surface area contributed by atoms with E-state index in [0.29, 0.717) is 17.2 Å². The normalized spacial score (nSPS) is 10.7. The molecule has 0 saturated carbocycles. The van der Waals surface area contributed by atoms with E-state index in [1.165, 1.54) is 0 Å². The van der Waals surface area contributed by atoms with E-state index in [9.17, 15) is 0 Å². The molecule has 74 valence electrons. The highest BCUT2D eigenvalue weighted by atomic mass is 79.9. The number of hydrogen-bond donors (Lipinski definition) is 1. The van der Waals surface area contributed by atoms with Gasteiger partial charge in [-0.1, -0.05) is 0 Å². The molecule has 0 spiro atoms. The summed E-state index contributed by atoms with van der Waals surface area (Å²) in [5, 5.41) is 0. The summed E-state index contributed by atoms with van der Waals surface area (Å²) in [4.78, 5) is 3.92. The van der Waals surface area contributed by atoms with Crippen LogP contribution in [0.15, 0.2) is 32.0 Å². The van der Waals surface area contributed by atoms with Crippen molar-refractivity contribution in [3.63, 3.8) is 0 Å². The van der Waals surface area contributed by atoms with Gasteiger partial charge in [-0.05, 0) is 37.9 Å². The standard InChI is InChI=1S/C8H7Br2N3O/c9-6-3-5(14-7(6)10)4-13-2-1-12-8(13)11/h1-3H,4H2,(H2,11,12). The number of nitrogens with zero attached hydrogens (tertiary/aromatic N) is 2. The largest absolute Gasteiger partial charge is 0.451 e. The van der Waals surface area contributed by atoms with Gasteiger partial charge in [0, 0.05) is 12.4 Å². The van der Waals surface area contributed by atoms with Gasteiger partial charge in [0.05, 0.1) is 11.0 Å². The highest BCUT2D eigenvalue weighted by molar-refractivity contribution is 9.13. The SMILES string of the molecule is Nc1nccn1Cc1cc(Br)c(Br)o1. The van der Waals surface area contributed by atoms with Gasteiger partial charge < -0.3 is 14.7 Å². The lowest BCUT2D eigenvalue weighted by Gasteiger charge is -2.00. The Morgan fingerprint density at radius 2 is 2.29 bits per heavy atom. The molecule has 14 heavy (non-hydrogen) atoms. The van der Waals surface area contributed by atoms with Crippen LogP contribution in [0.4, 0.5) is 5.95 Å². The second-order valence-electron chi connectivity index (χ2n) is 2.75. The Bertz CT molecular complexity index is 430. The average Bonchev–Trinajstić information content (AvgIpc) is 2.63. The van der Waals surface area contributed by atoms with Crippen LogP contribution in [0.25, 0.3) is 0 Å². The second kappa shape index (κ2) is 3.78. The van der Waals surface area contributed by atoms with Gasteiger partial charge in [-0.3, -0.25) is 0 Å². The van der Waals surface area contributed by atoms with Crippen LogP contribution >= 0.6 is 31.9 Å². The van der Waals surface area contributed by atoms with E-state index in [-0.39, 0.29) is 0 Å². The molecular formula is C8H7Br2N3O. The van der Waals surface area contributed by atoms with Crippen molar-refractivity contribution in [2.75, 3.05) is 5.73 Å². The lowest BCUT2D eigenvalue weighted by molar-refractivity contribution is 0.474. The van der Waals surface area contributed by atoms with Crippen LogP contribution in [-0.2, 0) is 6.54 Å². The zero-order valence-corrected chi connectivity index (χ0v) is 10.2. The monoisotopic (exact) mass is 319 g/mol. The quantitative estimate of drug-likeness (QED) is 0.925. The van der Waals surface area contributed by atoms with Crippen molar-refractivity contribution in [2.45, 2.75) is 6.54 Å². The minimum absolute atomic E-state index is 0.480. The number of nitrogens with two attached hydrogens (primary N) is 1. The summed E-state index contributed by atoms with van der Waals surface area (Å²) in [5.74, 6) is 1.29. The molecule has 2 aromatic rings. The van der Waals surface area contributed by atoms with Gasteiger partial charge >= 0.3 is 0 Å². The van der Waals surface area contributed by atoms with E-state index in [4.69, 9.17) is 10.2 Å². The van der Waals surface area contributed by atoms with Crippen LogP contribution in [0.1, 0.15) is 5.76 Å². The third-order valence-electron chi connectivity index (χ3n) is 1.77. The Kier molecular flexibility index (Phi) is 2.64. The Morgan fingerprint density at radius 3 is 2.79 bits per heavy atom. The molecule has 2 N–H and O–H groups in total. The third-order valence-corrected chi connectivity index (χ3v) is 3.48. The highest BCUT2D eigenvalue weighted by Crippen LogP contribution is 2.27. The Balaban J connectivity index is 2.23. The molecule has 2 rings (SSSR count). The second-order valence-corrected chi connectivity index (χ2v) is 4.32. The molecule has 6 heteroatoms. The molecule has 0 amide bonds. The van der Waals surface area contributed by atoms with E-state index in [1.54, 1.807) is 17.0 Å². The van der Waals surface area contributed by atoms with Gasteiger partial charge in [0.25, 0.3) is 0 Å². The summed E-state index contributed by atoms with van der Waals surface area (Å²) >= 11 is 6.61. The van der Waals surface area contributed by atoms with Crippen molar-refractivity contribution in [3.8, 4) is 0 Å². The van der Waals surface area contributed by atoms with Crippen LogP contribution in [0.2, 0.25) is 0 Å². The van der Waals surface area contributed by atoms with Gasteiger partial charge in [-0.25, -0.2) is 4.98 Å². The third kappa shape index (κ3) is 1.85. The molecule has 0 bridgehead atoms. The van der Waals surface area contributed by atoms with Crippen LogP contribution in [0.5, 0.6) is 0 Å². The predicted octanol–water partition coefficient (Wildman–Crippen LogP) is 2.63. The van der Waals surface area contributed by atoms with E-state index < -0.39 is 0 Å². The van der Waals surface area contributed by atoms with Crippen molar-refractivity contribution in [3.05, 3.63) is 33.4 Å². The summed E-state index contributed by atoms with van der Waals surface area (Å²) in [7, 11) is 0. The Hall–Kier alpha value is -0.750. The molecule has 0 aliphatic heterocycles. The molecule has 0 unspecified atom stereocenters. The zero-order chi connectivity index (χ0) is 10.1. The summed E-state index contributed by atoms with van der Waals surface area (Å²) in [6.07, 6.45) is 3.46. The summed E-state index contributed by atoms with van der Waals surface area (Å²) in [5.41, 5.74) is 5.62. The molecule has 4 nitrogen and oxygen atoms in total. The fourth-order valence-corrected chi connectivity index (χ4v) is 1.77. The number of furan rings is 1. The fraction of sp³-hybridized carbons (Fsp3) is 0.125. The lowest BCUT2D eigenvalue weighted by Crippen LogP contribution is -2.02. The molecule has 2 aromatic heterocycles. The number of halogens is 2. The van der Waals surface area contributed by atoms with Gasteiger partial charge in [0.2, 0.25) is 5.95 Å². The lowest BCUT2D eigenvalue weighted by atomic mass is 10.4. The first-order valence-corrected chi connectivity index (χ1v) is 5.45. The minimum Gasteiger partial charge on any atom is -0.451 e. The molecule has 0 radical (unpaired) electrons.